The fourth-order valence-electron chi connectivity index (χ4n) is 4.14. The molecule has 4 aromatic rings. The Morgan fingerprint density at radius 1 is 0.882 bits per heavy atom. The largest absolute Gasteiger partial charge is 0.491 e. The first-order valence-corrected chi connectivity index (χ1v) is 11.9. The van der Waals surface area contributed by atoms with Gasteiger partial charge in [0, 0.05) is 11.1 Å². The maximum Gasteiger partial charge on any atom is 0.355 e. The van der Waals surface area contributed by atoms with Crippen molar-refractivity contribution < 1.29 is 14.3 Å². The van der Waals surface area contributed by atoms with Gasteiger partial charge >= 0.3 is 5.97 Å². The molecule has 4 rings (SSSR count). The molecular formula is C30H33NO3. The number of carbonyl (C=O) groups excluding carboxylic acids is 1. The van der Waals surface area contributed by atoms with E-state index in [0.717, 1.165) is 33.5 Å². The maximum atomic E-state index is 12.8. The molecular weight excluding hydrogens is 422 g/mol. The fourth-order valence-corrected chi connectivity index (χ4v) is 4.14. The number of carbonyl (C=O) groups is 1. The third kappa shape index (κ3) is 4.86. The zero-order valence-electron chi connectivity index (χ0n) is 20.9. The zero-order chi connectivity index (χ0) is 24.5. The van der Waals surface area contributed by atoms with Crippen LogP contribution in [-0.2, 0) is 10.2 Å². The van der Waals surface area contributed by atoms with Gasteiger partial charge < -0.3 is 14.0 Å². The summed E-state index contributed by atoms with van der Waals surface area (Å²) in [5.74, 6) is 0.464. The van der Waals surface area contributed by atoms with Crippen LogP contribution >= 0.6 is 0 Å². The van der Waals surface area contributed by atoms with Crippen LogP contribution in [0.1, 0.15) is 57.6 Å². The van der Waals surface area contributed by atoms with E-state index < -0.39 is 0 Å². The Bertz CT molecular complexity index is 1290. The first kappa shape index (κ1) is 23.6. The van der Waals surface area contributed by atoms with E-state index in [2.05, 4.69) is 63.2 Å². The Kier molecular flexibility index (Phi) is 6.52. The number of aromatic nitrogens is 1. The topological polar surface area (TPSA) is 40.5 Å². The number of nitrogens with zero attached hydrogens (tertiary/aromatic N) is 1. The summed E-state index contributed by atoms with van der Waals surface area (Å²) in [7, 11) is 0. The van der Waals surface area contributed by atoms with E-state index in [0.29, 0.717) is 12.3 Å². The van der Waals surface area contributed by atoms with Gasteiger partial charge in [-0.15, -0.1) is 0 Å². The van der Waals surface area contributed by atoms with Crippen molar-refractivity contribution in [2.45, 2.75) is 53.1 Å². The minimum atomic E-state index is -0.336. The van der Waals surface area contributed by atoms with Crippen LogP contribution in [0.15, 0.2) is 72.8 Å². The highest BCUT2D eigenvalue weighted by Crippen LogP contribution is 2.32. The summed E-state index contributed by atoms with van der Waals surface area (Å²) in [6.07, 6.45) is 0.101. The molecule has 0 fully saturated rings. The Labute approximate surface area is 202 Å². The zero-order valence-corrected chi connectivity index (χ0v) is 20.9. The third-order valence-electron chi connectivity index (χ3n) is 5.84. The summed E-state index contributed by atoms with van der Waals surface area (Å²) >= 11 is 0. The molecule has 0 spiro atoms. The van der Waals surface area contributed by atoms with Crippen LogP contribution in [0.5, 0.6) is 5.75 Å². The van der Waals surface area contributed by atoms with Gasteiger partial charge in [0.1, 0.15) is 11.4 Å². The fraction of sp³-hybridized carbons (Fsp3) is 0.300. The van der Waals surface area contributed by atoms with Crippen LogP contribution in [0.3, 0.4) is 0 Å². The van der Waals surface area contributed by atoms with Crippen LogP contribution < -0.4 is 4.74 Å². The second kappa shape index (κ2) is 9.38. The SMILES string of the molecule is CCOC(=O)c1cc2cc(-c3ccc(C(C)(C)C)cc3)ccc2n1-c1ccc(OC(C)C)cc1. The summed E-state index contributed by atoms with van der Waals surface area (Å²) in [6.45, 7) is 12.8. The van der Waals surface area contributed by atoms with Gasteiger partial charge in [0.25, 0.3) is 0 Å². The van der Waals surface area contributed by atoms with Crippen molar-refractivity contribution in [1.29, 1.82) is 0 Å². The molecule has 4 nitrogen and oxygen atoms in total. The average Bonchev–Trinajstić information content (AvgIpc) is 3.18. The minimum absolute atomic E-state index is 0.101. The number of rotatable bonds is 6. The highest BCUT2D eigenvalue weighted by Gasteiger charge is 2.19. The molecule has 1 heterocycles. The molecule has 176 valence electrons. The monoisotopic (exact) mass is 455 g/mol. The van der Waals surface area contributed by atoms with Crippen molar-refractivity contribution in [3.05, 3.63) is 84.1 Å². The smallest absolute Gasteiger partial charge is 0.355 e. The summed E-state index contributed by atoms with van der Waals surface area (Å²) in [4.78, 5) is 12.8. The molecule has 0 unspecified atom stereocenters. The van der Waals surface area contributed by atoms with Crippen LogP contribution in [0.4, 0.5) is 0 Å². The highest BCUT2D eigenvalue weighted by atomic mass is 16.5. The molecule has 0 saturated heterocycles. The van der Waals surface area contributed by atoms with Gasteiger partial charge in [0.05, 0.1) is 18.2 Å². The van der Waals surface area contributed by atoms with Gasteiger partial charge in [-0.2, -0.15) is 0 Å². The molecule has 4 heteroatoms. The van der Waals surface area contributed by atoms with E-state index in [1.807, 2.05) is 55.7 Å². The second-order valence-corrected chi connectivity index (χ2v) is 9.85. The van der Waals surface area contributed by atoms with Crippen molar-refractivity contribution >= 4 is 16.9 Å². The lowest BCUT2D eigenvalue weighted by Gasteiger charge is -2.19. The average molecular weight is 456 g/mol. The van der Waals surface area contributed by atoms with E-state index in [1.165, 1.54) is 5.56 Å². The molecule has 0 amide bonds. The summed E-state index contributed by atoms with van der Waals surface area (Å²) in [5, 5.41) is 0.989. The Morgan fingerprint density at radius 3 is 2.12 bits per heavy atom. The van der Waals surface area contributed by atoms with Crippen molar-refractivity contribution in [2.24, 2.45) is 0 Å². The lowest BCUT2D eigenvalue weighted by atomic mass is 9.86. The lowest BCUT2D eigenvalue weighted by Crippen LogP contribution is -2.11. The Hall–Kier alpha value is -3.53. The lowest BCUT2D eigenvalue weighted by molar-refractivity contribution is 0.0517. The maximum absolute atomic E-state index is 12.8. The summed E-state index contributed by atoms with van der Waals surface area (Å²) in [6, 6.07) is 24.7. The molecule has 0 aliphatic heterocycles. The molecule has 0 saturated carbocycles. The van der Waals surface area contributed by atoms with Crippen LogP contribution in [0.2, 0.25) is 0 Å². The van der Waals surface area contributed by atoms with E-state index >= 15 is 0 Å². The molecule has 0 atom stereocenters. The van der Waals surface area contributed by atoms with Crippen molar-refractivity contribution in [1.82, 2.24) is 4.57 Å². The first-order valence-electron chi connectivity index (χ1n) is 11.9. The predicted molar refractivity (Wildman–Crippen MR) is 139 cm³/mol. The molecule has 3 aromatic carbocycles. The number of hydrogen-bond donors (Lipinski definition) is 0. The normalized spacial score (nSPS) is 11.7. The number of esters is 1. The van der Waals surface area contributed by atoms with E-state index in [-0.39, 0.29) is 17.5 Å². The van der Waals surface area contributed by atoms with Crippen LogP contribution in [-0.4, -0.2) is 23.2 Å². The van der Waals surface area contributed by atoms with Gasteiger partial charge in [-0.25, -0.2) is 4.79 Å². The number of benzene rings is 3. The van der Waals surface area contributed by atoms with E-state index in [1.54, 1.807) is 0 Å². The number of ether oxygens (including phenoxy) is 2. The quantitative estimate of drug-likeness (QED) is 0.282. The third-order valence-corrected chi connectivity index (χ3v) is 5.84. The standard InChI is InChI=1S/C30H33NO3/c1-7-33-29(32)28-19-23-18-22(21-8-11-24(12-9-21)30(4,5)6)10-17-27(23)31(28)25-13-15-26(16-14-25)34-20(2)3/h8-20H,7H2,1-6H3. The number of fused-ring (bicyclic) bond motifs is 1. The second-order valence-electron chi connectivity index (χ2n) is 9.85. The molecule has 0 N–H and O–H groups in total. The van der Waals surface area contributed by atoms with Crippen molar-refractivity contribution in [2.75, 3.05) is 6.61 Å². The van der Waals surface area contributed by atoms with Gasteiger partial charge in [-0.05, 0) is 85.3 Å². The van der Waals surface area contributed by atoms with E-state index in [4.69, 9.17) is 9.47 Å². The Morgan fingerprint density at radius 2 is 1.53 bits per heavy atom. The molecule has 34 heavy (non-hydrogen) atoms. The molecule has 1 aromatic heterocycles. The summed E-state index contributed by atoms with van der Waals surface area (Å²) < 4.78 is 13.1. The molecule has 0 radical (unpaired) electrons. The number of hydrogen-bond acceptors (Lipinski definition) is 3. The molecule has 0 bridgehead atoms. The summed E-state index contributed by atoms with van der Waals surface area (Å²) in [5.41, 5.74) is 6.03. The van der Waals surface area contributed by atoms with Crippen molar-refractivity contribution in [3.8, 4) is 22.6 Å². The predicted octanol–water partition coefficient (Wildman–Crippen LogP) is 7.56. The van der Waals surface area contributed by atoms with Gasteiger partial charge in [0.2, 0.25) is 0 Å². The first-order chi connectivity index (χ1) is 16.2. The van der Waals surface area contributed by atoms with Gasteiger partial charge in [-0.3, -0.25) is 0 Å². The van der Waals surface area contributed by atoms with Gasteiger partial charge in [-0.1, -0.05) is 51.1 Å². The minimum Gasteiger partial charge on any atom is -0.491 e. The van der Waals surface area contributed by atoms with E-state index in [9.17, 15) is 4.79 Å². The Balaban J connectivity index is 1.79. The van der Waals surface area contributed by atoms with Crippen molar-refractivity contribution in [3.63, 3.8) is 0 Å². The van der Waals surface area contributed by atoms with Gasteiger partial charge in [0.15, 0.2) is 0 Å². The van der Waals surface area contributed by atoms with Crippen LogP contribution in [0.25, 0.3) is 27.7 Å². The molecule has 0 aliphatic carbocycles. The highest BCUT2D eigenvalue weighted by molar-refractivity contribution is 5.98. The van der Waals surface area contributed by atoms with Crippen LogP contribution in [0, 0.1) is 0 Å². The molecule has 0 aliphatic rings.